The van der Waals surface area contributed by atoms with Gasteiger partial charge in [-0.25, -0.2) is 0 Å². The van der Waals surface area contributed by atoms with Gasteiger partial charge in [-0.15, -0.1) is 0 Å². The standard InChI is InChI=1S/C67H45N/c1-4-20-46(21-5-1)56-35-17-23-48-24-18-37-62(66(48)56)61-33-13-15-39-65(61)68(52-30-16-25-49(44-52)55-34-19-36-57-54-31-11-10-22-47(54)40-42-58(55)57)53-41-43-60-59-32-12-14-38-63(59)67(64(60)45-53,50-26-6-2-7-27-50)51-28-8-3-9-29-51/h1-45H. The number of benzene rings is 12. The number of anilines is 3. The molecule has 318 valence electrons. The lowest BCUT2D eigenvalue weighted by atomic mass is 9.67. The van der Waals surface area contributed by atoms with Crippen LogP contribution < -0.4 is 4.90 Å². The summed E-state index contributed by atoms with van der Waals surface area (Å²) >= 11 is 0. The van der Waals surface area contributed by atoms with Gasteiger partial charge in [-0.3, -0.25) is 0 Å². The van der Waals surface area contributed by atoms with Gasteiger partial charge in [-0.2, -0.15) is 0 Å². The minimum absolute atomic E-state index is 0.552. The van der Waals surface area contributed by atoms with Gasteiger partial charge in [0.15, 0.2) is 0 Å². The maximum absolute atomic E-state index is 2.51. The number of rotatable bonds is 8. The van der Waals surface area contributed by atoms with Gasteiger partial charge >= 0.3 is 0 Å². The summed E-state index contributed by atoms with van der Waals surface area (Å²) in [5.74, 6) is 0. The smallest absolute Gasteiger partial charge is 0.0714 e. The maximum atomic E-state index is 2.51. The quantitative estimate of drug-likeness (QED) is 0.138. The third-order valence-corrected chi connectivity index (χ3v) is 14.3. The molecule has 0 saturated heterocycles. The maximum Gasteiger partial charge on any atom is 0.0714 e. The third kappa shape index (κ3) is 6.24. The first-order chi connectivity index (χ1) is 33.8. The van der Waals surface area contributed by atoms with Gasteiger partial charge < -0.3 is 4.90 Å². The van der Waals surface area contributed by atoms with E-state index in [0.29, 0.717) is 0 Å². The van der Waals surface area contributed by atoms with E-state index in [2.05, 4.69) is 278 Å². The van der Waals surface area contributed by atoms with Crippen molar-refractivity contribution in [3.05, 3.63) is 295 Å². The first-order valence-corrected chi connectivity index (χ1v) is 23.6. The molecule has 0 aromatic heterocycles. The second-order valence-electron chi connectivity index (χ2n) is 17.9. The van der Waals surface area contributed by atoms with Crippen molar-refractivity contribution in [2.45, 2.75) is 5.41 Å². The molecule has 1 aliphatic carbocycles. The highest BCUT2D eigenvalue weighted by atomic mass is 15.1. The Balaban J connectivity index is 1.09. The normalized spacial score (nSPS) is 12.5. The molecule has 0 spiro atoms. The summed E-state index contributed by atoms with van der Waals surface area (Å²) in [6.07, 6.45) is 0. The molecule has 12 aromatic carbocycles. The van der Waals surface area contributed by atoms with Crippen LogP contribution in [0.15, 0.2) is 273 Å². The van der Waals surface area contributed by atoms with Crippen molar-refractivity contribution in [2.24, 2.45) is 0 Å². The molecule has 0 saturated carbocycles. The zero-order valence-corrected chi connectivity index (χ0v) is 37.4. The van der Waals surface area contributed by atoms with E-state index in [9.17, 15) is 0 Å². The van der Waals surface area contributed by atoms with Crippen LogP contribution in [0.25, 0.3) is 76.8 Å². The van der Waals surface area contributed by atoms with Gasteiger partial charge in [0.2, 0.25) is 0 Å². The average molecular weight is 864 g/mol. The van der Waals surface area contributed by atoms with Gasteiger partial charge in [-0.1, -0.05) is 243 Å². The van der Waals surface area contributed by atoms with E-state index in [4.69, 9.17) is 0 Å². The van der Waals surface area contributed by atoms with E-state index in [1.807, 2.05) is 0 Å². The summed E-state index contributed by atoms with van der Waals surface area (Å²) in [7, 11) is 0. The van der Waals surface area contributed by atoms with Gasteiger partial charge in [-0.05, 0) is 124 Å². The molecule has 12 aromatic rings. The molecule has 0 unspecified atom stereocenters. The van der Waals surface area contributed by atoms with Gasteiger partial charge in [0, 0.05) is 16.9 Å². The number of hydrogen-bond acceptors (Lipinski definition) is 1. The van der Waals surface area contributed by atoms with Gasteiger partial charge in [0.25, 0.3) is 0 Å². The van der Waals surface area contributed by atoms with Crippen molar-refractivity contribution in [2.75, 3.05) is 4.90 Å². The molecule has 0 atom stereocenters. The van der Waals surface area contributed by atoms with E-state index in [-0.39, 0.29) is 0 Å². The van der Waals surface area contributed by atoms with Crippen molar-refractivity contribution in [3.8, 4) is 44.5 Å². The Bertz CT molecular complexity index is 3810. The highest BCUT2D eigenvalue weighted by molar-refractivity contribution is 6.13. The Morgan fingerprint density at radius 3 is 1.60 bits per heavy atom. The number of para-hydroxylation sites is 1. The number of nitrogens with zero attached hydrogens (tertiary/aromatic N) is 1. The monoisotopic (exact) mass is 863 g/mol. The number of fused-ring (bicyclic) bond motifs is 7. The van der Waals surface area contributed by atoms with Crippen LogP contribution in [0.1, 0.15) is 22.3 Å². The second-order valence-corrected chi connectivity index (χ2v) is 17.9. The highest BCUT2D eigenvalue weighted by Gasteiger charge is 2.46. The molecule has 0 heterocycles. The fraction of sp³-hybridized carbons (Fsp3) is 0.0149. The largest absolute Gasteiger partial charge is 0.310 e. The van der Waals surface area contributed by atoms with Crippen LogP contribution in [0.5, 0.6) is 0 Å². The minimum atomic E-state index is -0.552. The Hall–Kier alpha value is -8.78. The molecule has 1 aliphatic rings. The van der Waals surface area contributed by atoms with Crippen LogP contribution in [-0.2, 0) is 5.41 Å². The average Bonchev–Trinajstić information content (AvgIpc) is 3.72. The van der Waals surface area contributed by atoms with E-state index >= 15 is 0 Å². The van der Waals surface area contributed by atoms with Crippen LogP contribution in [0.2, 0.25) is 0 Å². The molecule has 0 aliphatic heterocycles. The summed E-state index contributed by atoms with van der Waals surface area (Å²) < 4.78 is 0. The molecule has 68 heavy (non-hydrogen) atoms. The van der Waals surface area contributed by atoms with E-state index in [1.54, 1.807) is 0 Å². The molecular weight excluding hydrogens is 819 g/mol. The summed E-state index contributed by atoms with van der Waals surface area (Å²) in [5.41, 5.74) is 17.4. The van der Waals surface area contributed by atoms with Crippen molar-refractivity contribution in [3.63, 3.8) is 0 Å². The zero-order valence-electron chi connectivity index (χ0n) is 37.4. The predicted octanol–water partition coefficient (Wildman–Crippen LogP) is 18.0. The fourth-order valence-corrected chi connectivity index (χ4v) is 11.4. The second kappa shape index (κ2) is 16.3. The third-order valence-electron chi connectivity index (χ3n) is 14.3. The first-order valence-electron chi connectivity index (χ1n) is 23.6. The number of hydrogen-bond donors (Lipinski definition) is 0. The topological polar surface area (TPSA) is 3.24 Å². The van der Waals surface area contributed by atoms with Crippen LogP contribution in [-0.4, -0.2) is 0 Å². The molecule has 0 radical (unpaired) electrons. The molecule has 0 bridgehead atoms. The molecule has 0 amide bonds. The molecule has 0 fully saturated rings. The summed E-state index contributed by atoms with van der Waals surface area (Å²) in [6.45, 7) is 0. The first kappa shape index (κ1) is 39.6. The molecule has 0 N–H and O–H groups in total. The van der Waals surface area contributed by atoms with E-state index in [1.165, 1.54) is 93.5 Å². The zero-order chi connectivity index (χ0) is 45.0. The Kier molecular flexibility index (Phi) is 9.47. The van der Waals surface area contributed by atoms with Crippen molar-refractivity contribution in [1.82, 2.24) is 0 Å². The van der Waals surface area contributed by atoms with Crippen molar-refractivity contribution >= 4 is 49.4 Å². The van der Waals surface area contributed by atoms with Gasteiger partial charge in [0.1, 0.15) is 0 Å². The van der Waals surface area contributed by atoms with Crippen LogP contribution in [0, 0.1) is 0 Å². The van der Waals surface area contributed by atoms with E-state index < -0.39 is 5.41 Å². The fourth-order valence-electron chi connectivity index (χ4n) is 11.4. The van der Waals surface area contributed by atoms with Crippen molar-refractivity contribution in [1.29, 1.82) is 0 Å². The molecule has 13 rings (SSSR count). The Morgan fingerprint density at radius 2 is 0.809 bits per heavy atom. The van der Waals surface area contributed by atoms with Crippen molar-refractivity contribution < 1.29 is 0 Å². The molecule has 1 nitrogen and oxygen atoms in total. The summed E-state index contributed by atoms with van der Waals surface area (Å²) in [4.78, 5) is 2.51. The Labute approximate surface area is 397 Å². The summed E-state index contributed by atoms with van der Waals surface area (Å²) in [6, 6.07) is 101. The SMILES string of the molecule is c1ccc(-c2cccc3cccc(-c4ccccc4N(c4cccc(-c5cccc6c5ccc5ccccc56)c4)c4ccc5c(c4)C(c4ccccc4)(c4ccccc4)c4ccccc4-5)c23)cc1. The van der Waals surface area contributed by atoms with E-state index in [0.717, 1.165) is 22.6 Å². The lowest BCUT2D eigenvalue weighted by molar-refractivity contribution is 0.768. The molecular formula is C67H45N. The minimum Gasteiger partial charge on any atom is -0.310 e. The van der Waals surface area contributed by atoms with Crippen LogP contribution in [0.4, 0.5) is 17.1 Å². The predicted molar refractivity (Wildman–Crippen MR) is 287 cm³/mol. The highest BCUT2D eigenvalue weighted by Crippen LogP contribution is 2.58. The van der Waals surface area contributed by atoms with Crippen LogP contribution >= 0.6 is 0 Å². The Morgan fingerprint density at radius 1 is 0.265 bits per heavy atom. The summed E-state index contributed by atoms with van der Waals surface area (Å²) in [5, 5.41) is 7.46. The lowest BCUT2D eigenvalue weighted by Crippen LogP contribution is -2.28. The van der Waals surface area contributed by atoms with Gasteiger partial charge in [0.05, 0.1) is 11.1 Å². The lowest BCUT2D eigenvalue weighted by Gasteiger charge is -2.35. The van der Waals surface area contributed by atoms with Crippen LogP contribution in [0.3, 0.4) is 0 Å². The molecule has 1 heteroatoms.